The van der Waals surface area contributed by atoms with Crippen LogP contribution < -0.4 is 5.73 Å². The fourth-order valence-corrected chi connectivity index (χ4v) is 2.15. The molecule has 0 amide bonds. The van der Waals surface area contributed by atoms with Gasteiger partial charge in [-0.1, -0.05) is 12.1 Å². The fraction of sp³-hybridized carbons (Fsp3) is 0. The number of aromatic nitrogens is 4. The molecule has 0 atom stereocenters. The topological polar surface area (TPSA) is 69.6 Å². The Morgan fingerprint density at radius 3 is 2.76 bits per heavy atom. The van der Waals surface area contributed by atoms with Crippen LogP contribution in [0, 0.1) is 0 Å². The van der Waals surface area contributed by atoms with Gasteiger partial charge in [-0.3, -0.25) is 4.57 Å². The van der Waals surface area contributed by atoms with Gasteiger partial charge in [0.2, 0.25) is 0 Å². The number of para-hydroxylation sites is 1. The quantitative estimate of drug-likeness (QED) is 0.745. The average molecular weight is 290 g/mol. The van der Waals surface area contributed by atoms with Gasteiger partial charge in [0.15, 0.2) is 17.0 Å². The smallest absolute Gasteiger partial charge is 0.170 e. The van der Waals surface area contributed by atoms with Gasteiger partial charge in [0.05, 0.1) is 5.69 Å². The van der Waals surface area contributed by atoms with Crippen LogP contribution in [0.1, 0.15) is 0 Å². The van der Waals surface area contributed by atoms with Crippen molar-refractivity contribution in [2.75, 3.05) is 5.73 Å². The first-order valence-electron chi connectivity index (χ1n) is 4.96. The zero-order valence-corrected chi connectivity index (χ0v) is 10.3. The summed E-state index contributed by atoms with van der Waals surface area (Å²) in [7, 11) is 0. The van der Waals surface area contributed by atoms with Crippen LogP contribution in [0.5, 0.6) is 0 Å². The Kier molecular flexibility index (Phi) is 2.29. The lowest BCUT2D eigenvalue weighted by Gasteiger charge is -2.05. The van der Waals surface area contributed by atoms with Crippen LogP contribution in [0.15, 0.2) is 41.4 Å². The maximum absolute atomic E-state index is 5.75. The Labute approximate surface area is 105 Å². The van der Waals surface area contributed by atoms with E-state index in [-0.39, 0.29) is 0 Å². The SMILES string of the molecule is Nc1ncnc2c1ncn2-c1ccccc1Br. The van der Waals surface area contributed by atoms with Crippen LogP contribution in [0.2, 0.25) is 0 Å². The van der Waals surface area contributed by atoms with Crippen molar-refractivity contribution in [3.63, 3.8) is 0 Å². The van der Waals surface area contributed by atoms with Gasteiger partial charge in [-0.05, 0) is 28.1 Å². The van der Waals surface area contributed by atoms with Gasteiger partial charge in [-0.25, -0.2) is 15.0 Å². The highest BCUT2D eigenvalue weighted by atomic mass is 79.9. The van der Waals surface area contributed by atoms with Crippen LogP contribution in [0.4, 0.5) is 5.82 Å². The number of benzene rings is 1. The van der Waals surface area contributed by atoms with Gasteiger partial charge in [-0.2, -0.15) is 0 Å². The molecule has 0 fully saturated rings. The number of fused-ring (bicyclic) bond motifs is 1. The van der Waals surface area contributed by atoms with Gasteiger partial charge >= 0.3 is 0 Å². The van der Waals surface area contributed by atoms with Gasteiger partial charge in [0, 0.05) is 4.47 Å². The molecule has 2 aromatic heterocycles. The van der Waals surface area contributed by atoms with Gasteiger partial charge in [0.25, 0.3) is 0 Å². The second kappa shape index (κ2) is 3.81. The van der Waals surface area contributed by atoms with Crippen molar-refractivity contribution in [2.24, 2.45) is 0 Å². The Bertz CT molecular complexity index is 691. The molecule has 2 N–H and O–H groups in total. The predicted molar refractivity (Wildman–Crippen MR) is 68.8 cm³/mol. The largest absolute Gasteiger partial charge is 0.382 e. The zero-order valence-electron chi connectivity index (χ0n) is 8.71. The molecule has 84 valence electrons. The summed E-state index contributed by atoms with van der Waals surface area (Å²) in [6.07, 6.45) is 3.13. The van der Waals surface area contributed by atoms with Crippen LogP contribution >= 0.6 is 15.9 Å². The van der Waals surface area contributed by atoms with E-state index in [9.17, 15) is 0 Å². The van der Waals surface area contributed by atoms with Crippen LogP contribution in [-0.4, -0.2) is 19.5 Å². The molecule has 1 aromatic carbocycles. The van der Waals surface area contributed by atoms with E-state index >= 15 is 0 Å². The Hall–Kier alpha value is -1.95. The molecule has 3 aromatic rings. The fourth-order valence-electron chi connectivity index (χ4n) is 1.68. The van der Waals surface area contributed by atoms with Gasteiger partial charge < -0.3 is 5.73 Å². The number of anilines is 1. The molecule has 0 spiro atoms. The number of nitrogens with zero attached hydrogens (tertiary/aromatic N) is 4. The number of nitrogens with two attached hydrogens (primary N) is 1. The third-order valence-electron chi connectivity index (χ3n) is 2.47. The Morgan fingerprint density at radius 2 is 1.94 bits per heavy atom. The zero-order chi connectivity index (χ0) is 11.8. The minimum atomic E-state index is 0.390. The number of rotatable bonds is 1. The predicted octanol–water partition coefficient (Wildman–Crippen LogP) is 2.16. The lowest BCUT2D eigenvalue weighted by Crippen LogP contribution is -1.97. The van der Waals surface area contributed by atoms with E-state index in [0.29, 0.717) is 17.0 Å². The number of imidazole rings is 1. The van der Waals surface area contributed by atoms with Crippen molar-refractivity contribution >= 4 is 32.9 Å². The molecule has 5 nitrogen and oxygen atoms in total. The summed E-state index contributed by atoms with van der Waals surface area (Å²) in [5.74, 6) is 0.390. The molecule has 0 saturated heterocycles. The molecule has 0 aliphatic carbocycles. The summed E-state index contributed by atoms with van der Waals surface area (Å²) in [5, 5.41) is 0. The molecule has 3 rings (SSSR count). The highest BCUT2D eigenvalue weighted by molar-refractivity contribution is 9.10. The monoisotopic (exact) mass is 289 g/mol. The standard InChI is InChI=1S/C11H8BrN5/c12-7-3-1-2-4-8(7)17-6-16-9-10(13)14-5-15-11(9)17/h1-6H,(H2,13,14,15). The average Bonchev–Trinajstić information content (AvgIpc) is 2.75. The molecular formula is C11H8BrN5. The Balaban J connectivity index is 2.33. The van der Waals surface area contributed by atoms with Crippen molar-refractivity contribution in [3.05, 3.63) is 41.4 Å². The first-order chi connectivity index (χ1) is 8.27. The van der Waals surface area contributed by atoms with Crippen molar-refractivity contribution in [2.45, 2.75) is 0 Å². The number of hydrogen-bond acceptors (Lipinski definition) is 4. The summed E-state index contributed by atoms with van der Waals surface area (Å²) in [4.78, 5) is 12.4. The van der Waals surface area contributed by atoms with E-state index in [4.69, 9.17) is 5.73 Å². The summed E-state index contributed by atoms with van der Waals surface area (Å²) in [6, 6.07) is 7.85. The summed E-state index contributed by atoms with van der Waals surface area (Å²) >= 11 is 3.50. The number of nitrogen functional groups attached to an aromatic ring is 1. The number of halogens is 1. The van der Waals surface area contributed by atoms with Crippen LogP contribution in [-0.2, 0) is 0 Å². The molecule has 0 aliphatic rings. The third kappa shape index (κ3) is 1.57. The van der Waals surface area contributed by atoms with Crippen molar-refractivity contribution in [1.82, 2.24) is 19.5 Å². The minimum Gasteiger partial charge on any atom is -0.382 e. The normalized spacial score (nSPS) is 10.9. The van der Waals surface area contributed by atoms with E-state index in [0.717, 1.165) is 10.2 Å². The molecule has 2 heterocycles. The van der Waals surface area contributed by atoms with Gasteiger partial charge in [-0.15, -0.1) is 0 Å². The molecule has 0 bridgehead atoms. The summed E-state index contributed by atoms with van der Waals surface area (Å²) in [5.41, 5.74) is 8.03. The third-order valence-corrected chi connectivity index (χ3v) is 3.14. The van der Waals surface area contributed by atoms with Crippen molar-refractivity contribution < 1.29 is 0 Å². The number of hydrogen-bond donors (Lipinski definition) is 1. The highest BCUT2D eigenvalue weighted by Crippen LogP contribution is 2.24. The summed E-state index contributed by atoms with van der Waals surface area (Å²) in [6.45, 7) is 0. The highest BCUT2D eigenvalue weighted by Gasteiger charge is 2.10. The molecular weight excluding hydrogens is 282 g/mol. The van der Waals surface area contributed by atoms with Crippen LogP contribution in [0.3, 0.4) is 0 Å². The van der Waals surface area contributed by atoms with E-state index in [1.165, 1.54) is 6.33 Å². The lowest BCUT2D eigenvalue weighted by atomic mass is 10.3. The second-order valence-electron chi connectivity index (χ2n) is 3.50. The lowest BCUT2D eigenvalue weighted by molar-refractivity contribution is 1.05. The molecule has 0 saturated carbocycles. The van der Waals surface area contributed by atoms with Crippen LogP contribution in [0.25, 0.3) is 16.9 Å². The molecule has 0 unspecified atom stereocenters. The molecule has 17 heavy (non-hydrogen) atoms. The summed E-state index contributed by atoms with van der Waals surface area (Å²) < 4.78 is 2.84. The second-order valence-corrected chi connectivity index (χ2v) is 4.35. The van der Waals surface area contributed by atoms with Gasteiger partial charge in [0.1, 0.15) is 12.7 Å². The molecule has 6 heteroatoms. The maximum atomic E-state index is 5.75. The van der Waals surface area contributed by atoms with E-state index in [2.05, 4.69) is 30.9 Å². The van der Waals surface area contributed by atoms with E-state index in [1.807, 2.05) is 28.8 Å². The van der Waals surface area contributed by atoms with E-state index < -0.39 is 0 Å². The first kappa shape index (κ1) is 10.2. The Morgan fingerprint density at radius 1 is 1.12 bits per heavy atom. The van der Waals surface area contributed by atoms with Crippen molar-refractivity contribution in [3.8, 4) is 5.69 Å². The van der Waals surface area contributed by atoms with Crippen molar-refractivity contribution in [1.29, 1.82) is 0 Å². The first-order valence-corrected chi connectivity index (χ1v) is 5.75. The molecule has 0 radical (unpaired) electrons. The maximum Gasteiger partial charge on any atom is 0.170 e. The minimum absolute atomic E-state index is 0.390. The van der Waals surface area contributed by atoms with E-state index in [1.54, 1.807) is 6.33 Å². The molecule has 0 aliphatic heterocycles.